The third-order valence-electron chi connectivity index (χ3n) is 3.44. The van der Waals surface area contributed by atoms with E-state index < -0.39 is 8.80 Å². The zero-order valence-corrected chi connectivity index (χ0v) is 11.6. The lowest BCUT2D eigenvalue weighted by Crippen LogP contribution is -2.47. The Kier molecular flexibility index (Phi) is 5.56. The number of hydrogen-bond acceptors (Lipinski definition) is 2. The average Bonchev–Trinajstić information content (AvgIpc) is 2.19. The molecule has 0 aromatic heterocycles. The fourth-order valence-electron chi connectivity index (χ4n) is 2.35. The van der Waals surface area contributed by atoms with Gasteiger partial charge in [0, 0.05) is 6.61 Å². The molecule has 1 atom stereocenters. The normalized spacial score (nSPS) is 28.3. The van der Waals surface area contributed by atoms with Crippen molar-refractivity contribution in [2.24, 2.45) is 0 Å². The van der Waals surface area contributed by atoms with Gasteiger partial charge in [0.15, 0.2) is 0 Å². The highest BCUT2D eigenvalue weighted by Crippen LogP contribution is 2.32. The van der Waals surface area contributed by atoms with Crippen molar-refractivity contribution in [3.05, 3.63) is 0 Å². The Balaban J connectivity index is 2.43. The van der Waals surface area contributed by atoms with Gasteiger partial charge in [-0.2, -0.15) is 12.6 Å². The summed E-state index contributed by atoms with van der Waals surface area (Å²) in [6, 6.07) is 0. The number of hydrogen-bond donors (Lipinski definition) is 1. The van der Waals surface area contributed by atoms with Crippen molar-refractivity contribution in [2.75, 3.05) is 12.4 Å². The van der Waals surface area contributed by atoms with Gasteiger partial charge in [0.05, 0.1) is 14.0 Å². The van der Waals surface area contributed by atoms with Gasteiger partial charge in [-0.3, -0.25) is 0 Å². The Morgan fingerprint density at radius 1 is 1.29 bits per heavy atom. The smallest absolute Gasteiger partial charge is 0.0695 e. The molecule has 0 radical (unpaired) electrons. The van der Waals surface area contributed by atoms with Gasteiger partial charge in [-0.25, -0.2) is 0 Å². The third kappa shape index (κ3) is 3.28. The maximum absolute atomic E-state index is 6.11. The van der Waals surface area contributed by atoms with Crippen LogP contribution in [0.2, 0.25) is 13.1 Å². The van der Waals surface area contributed by atoms with Crippen LogP contribution >= 0.6 is 12.6 Å². The van der Waals surface area contributed by atoms with Gasteiger partial charge >= 0.3 is 0 Å². The molecule has 84 valence electrons. The molecule has 0 spiro atoms. The minimum atomic E-state index is -0.677. The Morgan fingerprint density at radius 2 is 2.07 bits per heavy atom. The summed E-state index contributed by atoms with van der Waals surface area (Å²) in [5.74, 6) is 1.02. The standard InChI is InChI=1S/C11H24OSSi/c1-14(2)11(8-4-6-10-13)7-3-5-9-12-11/h13-14H,3-10H2,1-2H3. The van der Waals surface area contributed by atoms with E-state index in [-0.39, 0.29) is 0 Å². The molecular formula is C11H24OSSi. The first kappa shape index (κ1) is 12.6. The summed E-state index contributed by atoms with van der Waals surface area (Å²) in [5, 5.41) is 0.335. The van der Waals surface area contributed by atoms with Crippen LogP contribution < -0.4 is 0 Å². The maximum Gasteiger partial charge on any atom is 0.0695 e. The van der Waals surface area contributed by atoms with E-state index >= 15 is 0 Å². The first-order valence-electron chi connectivity index (χ1n) is 5.96. The summed E-state index contributed by atoms with van der Waals surface area (Å²) in [5.41, 5.74) is 0. The molecular weight excluding hydrogens is 208 g/mol. The SMILES string of the molecule is C[SiH](C)C1(CCCCS)CCCCO1. The molecule has 1 rings (SSSR count). The number of rotatable bonds is 5. The predicted octanol–water partition coefficient (Wildman–Crippen LogP) is 3.05. The molecule has 1 heterocycles. The van der Waals surface area contributed by atoms with Crippen LogP contribution in [-0.4, -0.2) is 26.4 Å². The van der Waals surface area contributed by atoms with E-state index in [0.29, 0.717) is 5.22 Å². The Labute approximate surface area is 95.6 Å². The molecule has 0 aromatic carbocycles. The van der Waals surface area contributed by atoms with Gasteiger partial charge in [0.25, 0.3) is 0 Å². The topological polar surface area (TPSA) is 9.23 Å². The Bertz CT molecular complexity index is 155. The van der Waals surface area contributed by atoms with Crippen LogP contribution in [-0.2, 0) is 4.74 Å². The van der Waals surface area contributed by atoms with Gasteiger partial charge in [0.2, 0.25) is 0 Å². The summed E-state index contributed by atoms with van der Waals surface area (Å²) < 4.78 is 6.11. The predicted molar refractivity (Wildman–Crippen MR) is 69.1 cm³/mol. The van der Waals surface area contributed by atoms with Gasteiger partial charge < -0.3 is 4.74 Å². The van der Waals surface area contributed by atoms with Gasteiger partial charge in [0.1, 0.15) is 0 Å². The molecule has 1 nitrogen and oxygen atoms in total. The second kappa shape index (κ2) is 6.18. The van der Waals surface area contributed by atoms with E-state index in [1.165, 1.54) is 38.5 Å². The van der Waals surface area contributed by atoms with Crippen molar-refractivity contribution in [1.29, 1.82) is 0 Å². The van der Waals surface area contributed by atoms with Crippen molar-refractivity contribution >= 4 is 21.4 Å². The third-order valence-corrected chi connectivity index (χ3v) is 6.61. The minimum absolute atomic E-state index is 0.335. The highest BCUT2D eigenvalue weighted by molar-refractivity contribution is 7.80. The summed E-state index contributed by atoms with van der Waals surface area (Å²) >= 11 is 4.27. The van der Waals surface area contributed by atoms with Gasteiger partial charge in [-0.15, -0.1) is 0 Å². The summed E-state index contributed by atoms with van der Waals surface area (Å²) in [6.45, 7) is 5.88. The van der Waals surface area contributed by atoms with E-state index in [2.05, 4.69) is 25.7 Å². The molecule has 0 aromatic rings. The van der Waals surface area contributed by atoms with Crippen LogP contribution in [0.1, 0.15) is 38.5 Å². The Morgan fingerprint density at radius 3 is 2.57 bits per heavy atom. The molecule has 3 heteroatoms. The van der Waals surface area contributed by atoms with Crippen LogP contribution in [0.5, 0.6) is 0 Å². The minimum Gasteiger partial charge on any atom is -0.379 e. The van der Waals surface area contributed by atoms with Crippen molar-refractivity contribution in [2.45, 2.75) is 56.8 Å². The van der Waals surface area contributed by atoms with Crippen LogP contribution in [0.25, 0.3) is 0 Å². The highest BCUT2D eigenvalue weighted by atomic mass is 32.1. The zero-order chi connectivity index (χ0) is 10.4. The van der Waals surface area contributed by atoms with E-state index in [4.69, 9.17) is 4.74 Å². The van der Waals surface area contributed by atoms with Gasteiger partial charge in [-0.05, 0) is 37.9 Å². The lowest BCUT2D eigenvalue weighted by Gasteiger charge is -2.40. The quantitative estimate of drug-likeness (QED) is 0.435. The lowest BCUT2D eigenvalue weighted by atomic mass is 10.0. The zero-order valence-electron chi connectivity index (χ0n) is 9.59. The number of thiol groups is 1. The molecule has 1 unspecified atom stereocenters. The van der Waals surface area contributed by atoms with E-state index in [9.17, 15) is 0 Å². The fraction of sp³-hybridized carbons (Fsp3) is 1.00. The monoisotopic (exact) mass is 232 g/mol. The molecule has 0 saturated carbocycles. The van der Waals surface area contributed by atoms with E-state index in [1.807, 2.05) is 0 Å². The molecule has 1 aliphatic rings. The molecule has 1 aliphatic heterocycles. The molecule has 1 fully saturated rings. The maximum atomic E-state index is 6.11. The van der Waals surface area contributed by atoms with Crippen molar-refractivity contribution in [3.63, 3.8) is 0 Å². The van der Waals surface area contributed by atoms with Crippen molar-refractivity contribution < 1.29 is 4.74 Å². The van der Waals surface area contributed by atoms with Crippen molar-refractivity contribution in [1.82, 2.24) is 0 Å². The molecule has 14 heavy (non-hydrogen) atoms. The molecule has 0 amide bonds. The summed E-state index contributed by atoms with van der Waals surface area (Å²) in [7, 11) is -0.677. The molecule has 0 bridgehead atoms. The second-order valence-corrected chi connectivity index (χ2v) is 8.51. The Hall–Kier alpha value is 0.527. The van der Waals surface area contributed by atoms with Crippen LogP contribution in [0.3, 0.4) is 0 Å². The molecule has 0 aliphatic carbocycles. The second-order valence-electron chi connectivity index (χ2n) is 4.71. The fourth-order valence-corrected chi connectivity index (χ4v) is 4.59. The van der Waals surface area contributed by atoms with Gasteiger partial charge in [-0.1, -0.05) is 19.5 Å². The lowest BCUT2D eigenvalue weighted by molar-refractivity contribution is -0.0289. The highest BCUT2D eigenvalue weighted by Gasteiger charge is 2.36. The first-order valence-corrected chi connectivity index (χ1v) is 9.48. The molecule has 0 N–H and O–H groups in total. The average molecular weight is 232 g/mol. The molecule has 1 saturated heterocycles. The largest absolute Gasteiger partial charge is 0.379 e. The van der Waals surface area contributed by atoms with Crippen molar-refractivity contribution in [3.8, 4) is 0 Å². The van der Waals surface area contributed by atoms with Crippen LogP contribution in [0.4, 0.5) is 0 Å². The summed E-state index contributed by atoms with van der Waals surface area (Å²) in [4.78, 5) is 0. The number of ether oxygens (including phenoxy) is 1. The van der Waals surface area contributed by atoms with E-state index in [1.54, 1.807) is 0 Å². The van der Waals surface area contributed by atoms with E-state index in [0.717, 1.165) is 12.4 Å². The van der Waals surface area contributed by atoms with Crippen LogP contribution in [0, 0.1) is 0 Å². The number of unbranched alkanes of at least 4 members (excludes halogenated alkanes) is 1. The first-order chi connectivity index (χ1) is 6.71. The van der Waals surface area contributed by atoms with Crippen LogP contribution in [0.15, 0.2) is 0 Å². The summed E-state index contributed by atoms with van der Waals surface area (Å²) in [6.07, 6.45) is 7.81.